The number of nitrogens with one attached hydrogen (secondary N) is 1. The van der Waals surface area contributed by atoms with Gasteiger partial charge in [-0.2, -0.15) is 0 Å². The molecule has 190 valence electrons. The van der Waals surface area contributed by atoms with Gasteiger partial charge in [-0.15, -0.1) is 0 Å². The van der Waals surface area contributed by atoms with Gasteiger partial charge in [0.05, 0.1) is 18.3 Å². The van der Waals surface area contributed by atoms with Gasteiger partial charge in [-0.05, 0) is 90.3 Å². The number of aromatic nitrogens is 1. The Labute approximate surface area is 212 Å². The second kappa shape index (κ2) is 10.7. The van der Waals surface area contributed by atoms with E-state index >= 15 is 0 Å². The molecule has 0 radical (unpaired) electrons. The van der Waals surface area contributed by atoms with Crippen molar-refractivity contribution in [1.82, 2.24) is 4.98 Å². The summed E-state index contributed by atoms with van der Waals surface area (Å²) in [5, 5.41) is 12.5. The number of aryl methyl sites for hydroxylation is 2. The van der Waals surface area contributed by atoms with Crippen molar-refractivity contribution in [3.63, 3.8) is 0 Å². The molecule has 0 unspecified atom stereocenters. The second-order valence-corrected chi connectivity index (χ2v) is 11.8. The predicted molar refractivity (Wildman–Crippen MR) is 141 cm³/mol. The molecular weight excluding hydrogens is 476 g/mol. The van der Waals surface area contributed by atoms with Gasteiger partial charge >= 0.3 is 5.97 Å². The molecule has 7 nitrogen and oxygen atoms in total. The number of rotatable bonds is 11. The third-order valence-electron chi connectivity index (χ3n) is 6.45. The Balaban J connectivity index is 1.38. The van der Waals surface area contributed by atoms with Gasteiger partial charge in [-0.3, -0.25) is 4.79 Å². The van der Waals surface area contributed by atoms with Crippen molar-refractivity contribution in [2.75, 3.05) is 23.9 Å². The molecule has 1 heterocycles. The highest BCUT2D eigenvalue weighted by Gasteiger charge is 2.44. The van der Waals surface area contributed by atoms with Gasteiger partial charge in [-0.1, -0.05) is 24.3 Å². The lowest BCUT2D eigenvalue weighted by molar-refractivity contribution is -0.138. The van der Waals surface area contributed by atoms with E-state index in [0.29, 0.717) is 26.0 Å². The molecular formula is C28H32N2O5S. The Hall–Kier alpha value is -3.39. The quantitative estimate of drug-likeness (QED) is 0.352. The third-order valence-corrected chi connectivity index (χ3v) is 7.48. The summed E-state index contributed by atoms with van der Waals surface area (Å²) in [6.07, 6.45) is 4.16. The molecule has 0 aliphatic heterocycles. The zero-order valence-electron chi connectivity index (χ0n) is 20.8. The van der Waals surface area contributed by atoms with Crippen LogP contribution in [0.5, 0.6) is 5.75 Å². The average Bonchev–Trinajstić information content (AvgIpc) is 3.62. The van der Waals surface area contributed by atoms with E-state index in [4.69, 9.17) is 9.84 Å². The Bertz CT molecular complexity index is 1330. The van der Waals surface area contributed by atoms with Gasteiger partial charge < -0.3 is 15.2 Å². The van der Waals surface area contributed by atoms with Gasteiger partial charge in [0.2, 0.25) is 0 Å². The van der Waals surface area contributed by atoms with E-state index < -0.39 is 15.8 Å². The molecule has 0 bridgehead atoms. The number of carboxylic acid groups (broad SMARTS) is 1. The number of pyridine rings is 1. The number of carboxylic acids is 1. The number of nitrogens with zero attached hydrogens (tertiary/aromatic N) is 1. The van der Waals surface area contributed by atoms with Gasteiger partial charge in [0.15, 0.2) is 0 Å². The molecule has 8 heteroatoms. The van der Waals surface area contributed by atoms with Crippen LogP contribution < -0.4 is 10.1 Å². The van der Waals surface area contributed by atoms with E-state index in [-0.39, 0.29) is 17.6 Å². The lowest BCUT2D eigenvalue weighted by atomic mass is 9.94. The minimum Gasteiger partial charge on any atom is -0.494 e. The summed E-state index contributed by atoms with van der Waals surface area (Å²) in [6, 6.07) is 16.2. The summed E-state index contributed by atoms with van der Waals surface area (Å²) in [6.45, 7) is 5.08. The second-order valence-electron chi connectivity index (χ2n) is 9.58. The van der Waals surface area contributed by atoms with Gasteiger partial charge in [0.25, 0.3) is 0 Å². The average molecular weight is 509 g/mol. The fraction of sp³-hybridized carbons (Fsp3) is 0.357. The van der Waals surface area contributed by atoms with Crippen LogP contribution in [0.3, 0.4) is 0 Å². The molecule has 1 aliphatic carbocycles. The molecule has 1 fully saturated rings. The van der Waals surface area contributed by atoms with Crippen LogP contribution in [0.2, 0.25) is 0 Å². The highest BCUT2D eigenvalue weighted by atomic mass is 32.2. The maximum atomic E-state index is 11.3. The minimum absolute atomic E-state index is 0.0801. The first-order chi connectivity index (χ1) is 17.1. The van der Waals surface area contributed by atoms with Gasteiger partial charge in [-0.25, -0.2) is 13.4 Å². The molecule has 1 aliphatic rings. The van der Waals surface area contributed by atoms with E-state index in [2.05, 4.69) is 42.3 Å². The van der Waals surface area contributed by atoms with Crippen LogP contribution in [-0.4, -0.2) is 43.1 Å². The lowest BCUT2D eigenvalue weighted by Gasteiger charge is -2.15. The van der Waals surface area contributed by atoms with Crippen molar-refractivity contribution in [1.29, 1.82) is 0 Å². The van der Waals surface area contributed by atoms with Crippen molar-refractivity contribution in [2.24, 2.45) is 5.92 Å². The lowest BCUT2D eigenvalue weighted by Crippen LogP contribution is -2.08. The largest absolute Gasteiger partial charge is 0.494 e. The minimum atomic E-state index is -2.98. The molecule has 0 amide bonds. The highest BCUT2D eigenvalue weighted by Crippen LogP contribution is 2.47. The summed E-state index contributed by atoms with van der Waals surface area (Å²) in [7, 11) is -2.98. The van der Waals surface area contributed by atoms with Crippen LogP contribution >= 0.6 is 0 Å². The summed E-state index contributed by atoms with van der Waals surface area (Å²) in [4.78, 5) is 15.5. The third kappa shape index (κ3) is 6.63. The maximum absolute atomic E-state index is 11.3. The first-order valence-electron chi connectivity index (χ1n) is 12.0. The zero-order valence-corrected chi connectivity index (χ0v) is 21.6. The Kier molecular flexibility index (Phi) is 7.64. The number of aliphatic carboxylic acids is 1. The summed E-state index contributed by atoms with van der Waals surface area (Å²) < 4.78 is 28.4. The fourth-order valence-corrected chi connectivity index (χ4v) is 5.21. The van der Waals surface area contributed by atoms with Crippen LogP contribution in [0.15, 0.2) is 54.7 Å². The standard InChI is InChI=1S/C28H32N2O5S/c1-18-12-23(35-10-5-11-36(3,33)34)13-19(2)27(18)21-7-4-6-20(14-21)16-29-26-9-8-22(17-30-26)24-15-25(24)28(31)32/h4,6-9,12-14,17,24-25H,5,10-11,15-16H2,1-3H3,(H,29,30)(H,31,32)/t24-,25+/m1/s1. The number of benzene rings is 2. The number of carbonyl (C=O) groups is 1. The number of hydrogen-bond acceptors (Lipinski definition) is 6. The van der Waals surface area contributed by atoms with Crippen LogP contribution in [0, 0.1) is 19.8 Å². The van der Waals surface area contributed by atoms with Crippen LogP contribution in [0.25, 0.3) is 11.1 Å². The van der Waals surface area contributed by atoms with Gasteiger partial charge in [0, 0.05) is 19.0 Å². The van der Waals surface area contributed by atoms with Crippen molar-refractivity contribution in [2.45, 2.75) is 39.2 Å². The number of hydrogen-bond donors (Lipinski definition) is 2. The van der Waals surface area contributed by atoms with Crippen molar-refractivity contribution in [3.05, 3.63) is 77.0 Å². The molecule has 4 rings (SSSR count). The van der Waals surface area contributed by atoms with E-state index in [9.17, 15) is 13.2 Å². The van der Waals surface area contributed by atoms with Crippen LogP contribution in [0.4, 0.5) is 5.82 Å². The van der Waals surface area contributed by atoms with Crippen LogP contribution in [-0.2, 0) is 21.2 Å². The Morgan fingerprint density at radius 2 is 1.89 bits per heavy atom. The molecule has 2 aromatic carbocycles. The van der Waals surface area contributed by atoms with E-state index in [0.717, 1.165) is 44.9 Å². The first-order valence-corrected chi connectivity index (χ1v) is 14.1. The SMILES string of the molecule is Cc1cc(OCCCS(C)(=O)=O)cc(C)c1-c1cccc(CNc2ccc([C@H]3C[C@@H]3C(=O)O)cn2)c1. The summed E-state index contributed by atoms with van der Waals surface area (Å²) >= 11 is 0. The van der Waals surface area contributed by atoms with E-state index in [1.807, 2.05) is 30.3 Å². The summed E-state index contributed by atoms with van der Waals surface area (Å²) in [5.41, 5.74) is 6.55. The number of ether oxygens (including phenoxy) is 1. The van der Waals surface area contributed by atoms with Crippen molar-refractivity contribution >= 4 is 21.6 Å². The Morgan fingerprint density at radius 3 is 2.50 bits per heavy atom. The normalized spacial score (nSPS) is 17.0. The molecule has 1 aromatic heterocycles. The molecule has 1 saturated carbocycles. The van der Waals surface area contributed by atoms with Crippen molar-refractivity contribution in [3.8, 4) is 16.9 Å². The fourth-order valence-electron chi connectivity index (χ4n) is 4.57. The molecule has 2 atom stereocenters. The smallest absolute Gasteiger partial charge is 0.307 e. The topological polar surface area (TPSA) is 106 Å². The molecule has 0 spiro atoms. The predicted octanol–water partition coefficient (Wildman–Crippen LogP) is 4.98. The molecule has 2 N–H and O–H groups in total. The molecule has 0 saturated heterocycles. The van der Waals surface area contributed by atoms with Gasteiger partial charge in [0.1, 0.15) is 21.4 Å². The molecule has 36 heavy (non-hydrogen) atoms. The van der Waals surface area contributed by atoms with Crippen LogP contribution in [0.1, 0.15) is 41.0 Å². The van der Waals surface area contributed by atoms with E-state index in [1.165, 1.54) is 6.26 Å². The number of anilines is 1. The van der Waals surface area contributed by atoms with E-state index in [1.54, 1.807) is 6.20 Å². The monoisotopic (exact) mass is 508 g/mol. The summed E-state index contributed by atoms with van der Waals surface area (Å²) in [5.74, 6) is 0.684. The Morgan fingerprint density at radius 1 is 1.14 bits per heavy atom. The zero-order chi connectivity index (χ0) is 25.9. The molecule has 3 aromatic rings. The number of sulfone groups is 1. The highest BCUT2D eigenvalue weighted by molar-refractivity contribution is 7.90. The van der Waals surface area contributed by atoms with Crippen molar-refractivity contribution < 1.29 is 23.1 Å². The maximum Gasteiger partial charge on any atom is 0.307 e. The first kappa shape index (κ1) is 25.7.